The largest absolute Gasteiger partial charge is 0.285 e. The molecule has 1 N–H and O–H groups in total. The number of amides is 1. The van der Waals surface area contributed by atoms with Crippen LogP contribution in [0, 0.1) is 10.8 Å². The highest BCUT2D eigenvalue weighted by Crippen LogP contribution is 2.21. The lowest BCUT2D eigenvalue weighted by Gasteiger charge is -2.29. The fourth-order valence-electron chi connectivity index (χ4n) is 1.96. The van der Waals surface area contributed by atoms with Gasteiger partial charge in [0.1, 0.15) is 0 Å². The number of hydrazine groups is 1. The topological polar surface area (TPSA) is 32.3 Å². The summed E-state index contributed by atoms with van der Waals surface area (Å²) in [6.07, 6.45) is 2.10. The fraction of sp³-hybridized carbons (Fsp3) is 0.632. The third kappa shape index (κ3) is 8.18. The number of carbonyl (C=O) groups excluding carboxylic acids is 1. The van der Waals surface area contributed by atoms with Crippen LogP contribution in [-0.2, 0) is 0 Å². The third-order valence-electron chi connectivity index (χ3n) is 3.56. The number of hydrogen-bond acceptors (Lipinski definition) is 2. The Hall–Kier alpha value is -1.35. The zero-order valence-electron chi connectivity index (χ0n) is 15.1. The van der Waals surface area contributed by atoms with Crippen LogP contribution in [0.25, 0.3) is 0 Å². The van der Waals surface area contributed by atoms with Gasteiger partial charge in [0.25, 0.3) is 5.91 Å². The van der Waals surface area contributed by atoms with Crippen LogP contribution in [0.15, 0.2) is 30.3 Å². The first kappa shape index (κ1) is 18.7. The van der Waals surface area contributed by atoms with Gasteiger partial charge in [0.05, 0.1) is 0 Å². The number of rotatable bonds is 6. The van der Waals surface area contributed by atoms with E-state index < -0.39 is 0 Å². The lowest BCUT2D eigenvalue weighted by atomic mass is 9.91. The smallest absolute Gasteiger partial charge is 0.265 e. The summed E-state index contributed by atoms with van der Waals surface area (Å²) >= 11 is 0. The summed E-state index contributed by atoms with van der Waals surface area (Å²) < 4.78 is 0. The highest BCUT2D eigenvalue weighted by atomic mass is 16.2. The second-order valence-corrected chi connectivity index (χ2v) is 8.42. The molecule has 1 aromatic carbocycles. The molecular formula is C19H32N2O. The molecule has 124 valence electrons. The van der Waals surface area contributed by atoms with Crippen molar-refractivity contribution in [2.24, 2.45) is 10.8 Å². The summed E-state index contributed by atoms with van der Waals surface area (Å²) in [5.41, 5.74) is 4.30. The van der Waals surface area contributed by atoms with Gasteiger partial charge in [-0.05, 0) is 35.8 Å². The van der Waals surface area contributed by atoms with Crippen molar-refractivity contribution in [2.45, 2.75) is 54.4 Å². The average Bonchev–Trinajstić information content (AvgIpc) is 2.40. The van der Waals surface area contributed by atoms with E-state index in [9.17, 15) is 4.79 Å². The van der Waals surface area contributed by atoms with Gasteiger partial charge in [-0.1, -0.05) is 59.7 Å². The van der Waals surface area contributed by atoms with Gasteiger partial charge in [0.15, 0.2) is 0 Å². The minimum absolute atomic E-state index is 0.0246. The molecule has 0 aliphatic heterocycles. The predicted octanol–water partition coefficient (Wildman–Crippen LogP) is 4.51. The SMILES string of the molecule is CC(C)(C)CCN(CCC(C)(C)C)NC(=O)c1ccccc1. The second kappa shape index (κ2) is 7.77. The van der Waals surface area contributed by atoms with Crippen LogP contribution in [0.4, 0.5) is 0 Å². The zero-order chi connectivity index (χ0) is 16.8. The molecule has 0 saturated carbocycles. The first-order valence-electron chi connectivity index (χ1n) is 8.18. The minimum atomic E-state index is -0.0246. The fourth-order valence-corrected chi connectivity index (χ4v) is 1.96. The number of nitrogens with zero attached hydrogens (tertiary/aromatic N) is 1. The van der Waals surface area contributed by atoms with Crippen LogP contribution >= 0.6 is 0 Å². The highest BCUT2D eigenvalue weighted by Gasteiger charge is 2.18. The van der Waals surface area contributed by atoms with E-state index in [4.69, 9.17) is 0 Å². The molecule has 3 nitrogen and oxygen atoms in total. The average molecular weight is 304 g/mol. The lowest BCUT2D eigenvalue weighted by Crippen LogP contribution is -2.45. The molecule has 0 unspecified atom stereocenters. The van der Waals surface area contributed by atoms with Crippen molar-refractivity contribution < 1.29 is 4.79 Å². The van der Waals surface area contributed by atoms with E-state index in [1.807, 2.05) is 30.3 Å². The molecule has 22 heavy (non-hydrogen) atoms. The lowest BCUT2D eigenvalue weighted by molar-refractivity contribution is 0.0738. The minimum Gasteiger partial charge on any atom is -0.285 e. The summed E-state index contributed by atoms with van der Waals surface area (Å²) in [5.74, 6) is -0.0246. The Bertz CT molecular complexity index is 437. The summed E-state index contributed by atoms with van der Waals surface area (Å²) in [7, 11) is 0. The molecule has 0 aromatic heterocycles. The molecule has 1 aromatic rings. The van der Waals surface area contributed by atoms with E-state index in [-0.39, 0.29) is 16.7 Å². The molecule has 0 aliphatic rings. The predicted molar refractivity (Wildman–Crippen MR) is 93.6 cm³/mol. The Morgan fingerprint density at radius 2 is 1.36 bits per heavy atom. The molecule has 0 spiro atoms. The number of nitrogens with one attached hydrogen (secondary N) is 1. The van der Waals surface area contributed by atoms with Crippen molar-refractivity contribution >= 4 is 5.91 Å². The van der Waals surface area contributed by atoms with E-state index in [0.717, 1.165) is 25.9 Å². The molecule has 0 aliphatic carbocycles. The Morgan fingerprint density at radius 3 is 1.77 bits per heavy atom. The summed E-state index contributed by atoms with van der Waals surface area (Å²) in [5, 5.41) is 2.08. The molecule has 1 amide bonds. The van der Waals surface area contributed by atoms with Crippen LogP contribution in [0.1, 0.15) is 64.7 Å². The number of hydrogen-bond donors (Lipinski definition) is 1. The van der Waals surface area contributed by atoms with Gasteiger partial charge in [-0.2, -0.15) is 0 Å². The van der Waals surface area contributed by atoms with Gasteiger partial charge in [-0.15, -0.1) is 0 Å². The van der Waals surface area contributed by atoms with Gasteiger partial charge in [-0.3, -0.25) is 10.2 Å². The van der Waals surface area contributed by atoms with E-state index in [1.54, 1.807) is 0 Å². The molecule has 0 radical (unpaired) electrons. The monoisotopic (exact) mass is 304 g/mol. The first-order valence-corrected chi connectivity index (χ1v) is 8.18. The summed E-state index contributed by atoms with van der Waals surface area (Å²) in [6, 6.07) is 9.41. The van der Waals surface area contributed by atoms with E-state index >= 15 is 0 Å². The molecule has 1 rings (SSSR count). The van der Waals surface area contributed by atoms with Gasteiger partial charge < -0.3 is 0 Å². The zero-order valence-corrected chi connectivity index (χ0v) is 15.1. The van der Waals surface area contributed by atoms with Crippen molar-refractivity contribution in [3.8, 4) is 0 Å². The van der Waals surface area contributed by atoms with E-state index in [1.165, 1.54) is 0 Å². The first-order chi connectivity index (χ1) is 10.1. The van der Waals surface area contributed by atoms with Crippen LogP contribution < -0.4 is 5.43 Å². The Kier molecular flexibility index (Phi) is 6.61. The van der Waals surface area contributed by atoms with Crippen molar-refractivity contribution in [2.75, 3.05) is 13.1 Å². The maximum Gasteiger partial charge on any atom is 0.265 e. The summed E-state index contributed by atoms with van der Waals surface area (Å²) in [4.78, 5) is 12.4. The highest BCUT2D eigenvalue weighted by molar-refractivity contribution is 5.93. The molecular weight excluding hydrogens is 272 g/mol. The van der Waals surface area contributed by atoms with Crippen LogP contribution in [0.3, 0.4) is 0 Å². The standard InChI is InChI=1S/C19H32N2O/c1-18(2,3)12-14-21(15-13-19(4,5)6)20-17(22)16-10-8-7-9-11-16/h7-11H,12-15H2,1-6H3,(H,20,22). The number of benzene rings is 1. The molecule has 0 saturated heterocycles. The molecule has 0 atom stereocenters. The van der Waals surface area contributed by atoms with Gasteiger partial charge >= 0.3 is 0 Å². The van der Waals surface area contributed by atoms with Crippen molar-refractivity contribution in [3.05, 3.63) is 35.9 Å². The van der Waals surface area contributed by atoms with Gasteiger partial charge in [0.2, 0.25) is 0 Å². The van der Waals surface area contributed by atoms with Crippen LogP contribution in [-0.4, -0.2) is 24.0 Å². The third-order valence-corrected chi connectivity index (χ3v) is 3.56. The van der Waals surface area contributed by atoms with Crippen LogP contribution in [0.2, 0.25) is 0 Å². The van der Waals surface area contributed by atoms with Gasteiger partial charge in [-0.25, -0.2) is 5.01 Å². The quantitative estimate of drug-likeness (QED) is 0.784. The van der Waals surface area contributed by atoms with E-state index in [0.29, 0.717) is 5.56 Å². The normalized spacial score (nSPS) is 12.5. The Labute approximate surface area is 136 Å². The molecule has 0 heterocycles. The van der Waals surface area contributed by atoms with E-state index in [2.05, 4.69) is 52.0 Å². The molecule has 0 fully saturated rings. The Morgan fingerprint density at radius 1 is 0.909 bits per heavy atom. The maximum absolute atomic E-state index is 12.4. The second-order valence-electron chi connectivity index (χ2n) is 8.42. The molecule has 3 heteroatoms. The Balaban J connectivity index is 2.66. The van der Waals surface area contributed by atoms with Crippen molar-refractivity contribution in [3.63, 3.8) is 0 Å². The van der Waals surface area contributed by atoms with Crippen molar-refractivity contribution in [1.29, 1.82) is 0 Å². The maximum atomic E-state index is 12.4. The number of carbonyl (C=O) groups is 1. The molecule has 0 bridgehead atoms. The summed E-state index contributed by atoms with van der Waals surface area (Å²) in [6.45, 7) is 15.1. The van der Waals surface area contributed by atoms with Gasteiger partial charge in [0, 0.05) is 18.7 Å². The van der Waals surface area contributed by atoms with Crippen molar-refractivity contribution in [1.82, 2.24) is 10.4 Å². The van der Waals surface area contributed by atoms with Crippen LogP contribution in [0.5, 0.6) is 0 Å².